The number of nitrogens with two attached hydrogens (primary N) is 2. The molecule has 2 atom stereocenters. The Hall–Kier alpha value is -2.45. The van der Waals surface area contributed by atoms with Gasteiger partial charge in [0.2, 0.25) is 5.54 Å². The third kappa shape index (κ3) is 4.77. The lowest BCUT2D eigenvalue weighted by atomic mass is 9.91. The predicted molar refractivity (Wildman–Crippen MR) is 84.6 cm³/mol. The summed E-state index contributed by atoms with van der Waals surface area (Å²) in [6.07, 6.45) is 0. The Balaban J connectivity index is 2.88. The van der Waals surface area contributed by atoms with Crippen LogP contribution in [0.4, 0.5) is 0 Å². The van der Waals surface area contributed by atoms with Crippen LogP contribution in [0.3, 0.4) is 0 Å². The van der Waals surface area contributed by atoms with Crippen LogP contribution in [0.25, 0.3) is 0 Å². The van der Waals surface area contributed by atoms with Gasteiger partial charge < -0.3 is 26.0 Å². The zero-order chi connectivity index (χ0) is 18.5. The van der Waals surface area contributed by atoms with Crippen molar-refractivity contribution in [1.82, 2.24) is 0 Å². The smallest absolute Gasteiger partial charge is 0.340 e. The Kier molecular flexibility index (Phi) is 6.05. The highest BCUT2D eigenvalue weighted by Gasteiger charge is 2.54. The molecule has 0 saturated carbocycles. The summed E-state index contributed by atoms with van der Waals surface area (Å²) in [4.78, 5) is 35.6. The van der Waals surface area contributed by atoms with Crippen molar-refractivity contribution in [3.05, 3.63) is 35.9 Å². The number of hydrogen-bond acceptors (Lipinski definition) is 7. The SMILES string of the molecule is CC(C)(C)OC(=O)C(N)(C(=O)O)C(N)C(=O)OCc1ccccc1. The van der Waals surface area contributed by atoms with Crippen LogP contribution in [0.2, 0.25) is 0 Å². The third-order valence-corrected chi connectivity index (χ3v) is 3.06. The minimum absolute atomic E-state index is 0.128. The molecule has 0 saturated heterocycles. The van der Waals surface area contributed by atoms with Crippen molar-refractivity contribution in [3.8, 4) is 0 Å². The van der Waals surface area contributed by atoms with E-state index in [1.165, 1.54) is 20.8 Å². The summed E-state index contributed by atoms with van der Waals surface area (Å²) in [5.74, 6) is -4.21. The topological polar surface area (TPSA) is 142 Å². The van der Waals surface area contributed by atoms with E-state index in [0.29, 0.717) is 5.56 Å². The molecular weight excluding hydrogens is 316 g/mol. The Morgan fingerprint density at radius 3 is 2.17 bits per heavy atom. The molecule has 24 heavy (non-hydrogen) atoms. The minimum Gasteiger partial charge on any atom is -0.479 e. The molecule has 1 aromatic carbocycles. The number of esters is 2. The van der Waals surface area contributed by atoms with Gasteiger partial charge in [-0.2, -0.15) is 0 Å². The fourth-order valence-corrected chi connectivity index (χ4v) is 1.71. The van der Waals surface area contributed by atoms with E-state index in [1.807, 2.05) is 0 Å². The van der Waals surface area contributed by atoms with Crippen LogP contribution in [0.5, 0.6) is 0 Å². The lowest BCUT2D eigenvalue weighted by molar-refractivity contribution is -0.174. The van der Waals surface area contributed by atoms with E-state index in [0.717, 1.165) is 0 Å². The maximum Gasteiger partial charge on any atom is 0.340 e. The van der Waals surface area contributed by atoms with Gasteiger partial charge >= 0.3 is 17.9 Å². The second kappa shape index (κ2) is 7.41. The molecule has 0 aliphatic carbocycles. The van der Waals surface area contributed by atoms with Crippen LogP contribution < -0.4 is 11.5 Å². The first-order valence-corrected chi connectivity index (χ1v) is 7.20. The third-order valence-electron chi connectivity index (χ3n) is 3.06. The fraction of sp³-hybridized carbons (Fsp3) is 0.438. The Labute approximate surface area is 139 Å². The van der Waals surface area contributed by atoms with Crippen LogP contribution >= 0.6 is 0 Å². The highest BCUT2D eigenvalue weighted by atomic mass is 16.6. The van der Waals surface area contributed by atoms with Gasteiger partial charge in [0.25, 0.3) is 0 Å². The molecule has 0 aliphatic rings. The van der Waals surface area contributed by atoms with Crippen molar-refractivity contribution < 1.29 is 29.0 Å². The van der Waals surface area contributed by atoms with Gasteiger partial charge in [0.15, 0.2) is 0 Å². The molecule has 0 amide bonds. The molecule has 0 heterocycles. The molecule has 5 N–H and O–H groups in total. The van der Waals surface area contributed by atoms with Gasteiger partial charge in [0, 0.05) is 0 Å². The summed E-state index contributed by atoms with van der Waals surface area (Å²) < 4.78 is 9.92. The summed E-state index contributed by atoms with van der Waals surface area (Å²) in [6, 6.07) is 6.77. The zero-order valence-corrected chi connectivity index (χ0v) is 13.8. The Morgan fingerprint density at radius 1 is 1.17 bits per heavy atom. The number of benzene rings is 1. The molecule has 2 unspecified atom stereocenters. The zero-order valence-electron chi connectivity index (χ0n) is 13.8. The van der Waals surface area contributed by atoms with Gasteiger partial charge in [0.05, 0.1) is 0 Å². The molecule has 0 fully saturated rings. The van der Waals surface area contributed by atoms with Gasteiger partial charge in [-0.1, -0.05) is 30.3 Å². The number of carboxylic acids is 1. The number of hydrogen-bond donors (Lipinski definition) is 3. The lowest BCUT2D eigenvalue weighted by Gasteiger charge is -2.30. The minimum atomic E-state index is -2.75. The van der Waals surface area contributed by atoms with Crippen LogP contribution in [0.15, 0.2) is 30.3 Å². The van der Waals surface area contributed by atoms with Gasteiger partial charge in [-0.3, -0.25) is 4.79 Å². The van der Waals surface area contributed by atoms with E-state index in [9.17, 15) is 19.5 Å². The largest absolute Gasteiger partial charge is 0.479 e. The maximum atomic E-state index is 12.1. The molecule has 0 aliphatic heterocycles. The van der Waals surface area contributed by atoms with Crippen LogP contribution in [-0.2, 0) is 30.5 Å². The number of rotatable bonds is 6. The molecule has 8 nitrogen and oxygen atoms in total. The van der Waals surface area contributed by atoms with E-state index in [-0.39, 0.29) is 6.61 Å². The lowest BCUT2D eigenvalue weighted by Crippen LogP contribution is -2.69. The highest BCUT2D eigenvalue weighted by Crippen LogP contribution is 2.17. The van der Waals surface area contributed by atoms with E-state index >= 15 is 0 Å². The number of carbonyl (C=O) groups is 3. The number of ether oxygens (including phenoxy) is 2. The Morgan fingerprint density at radius 2 is 1.71 bits per heavy atom. The second-order valence-electron chi connectivity index (χ2n) is 6.25. The molecule has 0 bridgehead atoms. The standard InChI is InChI=1S/C16H22N2O6/c1-15(2,3)24-14(22)16(18,13(20)21)11(17)12(19)23-9-10-7-5-4-6-8-10/h4-8,11H,9,17-18H2,1-3H3,(H,20,21). The monoisotopic (exact) mass is 338 g/mol. The van der Waals surface area contributed by atoms with Crippen molar-refractivity contribution >= 4 is 17.9 Å². The van der Waals surface area contributed by atoms with Gasteiger partial charge in [-0.25, -0.2) is 9.59 Å². The van der Waals surface area contributed by atoms with Crippen molar-refractivity contribution in [2.75, 3.05) is 0 Å². The van der Waals surface area contributed by atoms with E-state index in [2.05, 4.69) is 0 Å². The van der Waals surface area contributed by atoms with Crippen molar-refractivity contribution in [2.45, 2.75) is 44.6 Å². The predicted octanol–water partition coefficient (Wildman–Crippen LogP) is 0.181. The van der Waals surface area contributed by atoms with Gasteiger partial charge in [-0.05, 0) is 26.3 Å². The highest BCUT2D eigenvalue weighted by molar-refractivity contribution is 6.09. The number of carbonyl (C=O) groups excluding carboxylic acids is 2. The molecule has 0 aromatic heterocycles. The van der Waals surface area contributed by atoms with E-state index in [4.69, 9.17) is 20.9 Å². The average molecular weight is 338 g/mol. The summed E-state index contributed by atoms with van der Waals surface area (Å²) in [5, 5.41) is 9.29. The first-order chi connectivity index (χ1) is 11.0. The van der Waals surface area contributed by atoms with E-state index in [1.54, 1.807) is 30.3 Å². The van der Waals surface area contributed by atoms with Crippen LogP contribution in [-0.4, -0.2) is 40.2 Å². The summed E-state index contributed by atoms with van der Waals surface area (Å²) in [6.45, 7) is 4.47. The van der Waals surface area contributed by atoms with Crippen molar-refractivity contribution in [3.63, 3.8) is 0 Å². The van der Waals surface area contributed by atoms with E-state index < -0.39 is 35.1 Å². The summed E-state index contributed by atoms with van der Waals surface area (Å²) in [7, 11) is 0. The van der Waals surface area contributed by atoms with Gasteiger partial charge in [-0.15, -0.1) is 0 Å². The number of carboxylic acid groups (broad SMARTS) is 1. The molecule has 0 spiro atoms. The first-order valence-electron chi connectivity index (χ1n) is 7.20. The number of aliphatic carboxylic acids is 1. The summed E-state index contributed by atoms with van der Waals surface area (Å²) >= 11 is 0. The Bertz CT molecular complexity index is 611. The molecule has 1 rings (SSSR count). The fourth-order valence-electron chi connectivity index (χ4n) is 1.71. The van der Waals surface area contributed by atoms with Crippen LogP contribution in [0, 0.1) is 0 Å². The van der Waals surface area contributed by atoms with Crippen LogP contribution in [0.1, 0.15) is 26.3 Å². The normalized spacial score (nSPS) is 15.0. The molecule has 1 aromatic rings. The quantitative estimate of drug-likeness (QED) is 0.492. The molecular formula is C16H22N2O6. The molecule has 8 heteroatoms. The van der Waals surface area contributed by atoms with Crippen molar-refractivity contribution in [1.29, 1.82) is 0 Å². The summed E-state index contributed by atoms with van der Waals surface area (Å²) in [5.41, 5.74) is 8.13. The van der Waals surface area contributed by atoms with Crippen molar-refractivity contribution in [2.24, 2.45) is 11.5 Å². The second-order valence-corrected chi connectivity index (χ2v) is 6.25. The molecule has 132 valence electrons. The average Bonchev–Trinajstić information content (AvgIpc) is 2.50. The van der Waals surface area contributed by atoms with Gasteiger partial charge in [0.1, 0.15) is 18.2 Å². The molecule has 0 radical (unpaired) electrons. The first kappa shape index (κ1) is 19.6. The maximum absolute atomic E-state index is 12.1.